The fourth-order valence-electron chi connectivity index (χ4n) is 4.67. The highest BCUT2D eigenvalue weighted by Gasteiger charge is 2.35. The van der Waals surface area contributed by atoms with Crippen LogP contribution in [0, 0.1) is 0 Å². The summed E-state index contributed by atoms with van der Waals surface area (Å²) in [6.45, 7) is 0.546. The second kappa shape index (κ2) is 9.58. The zero-order valence-corrected chi connectivity index (χ0v) is 19.9. The molecule has 2 amide bonds. The Balaban J connectivity index is 1.37. The van der Waals surface area contributed by atoms with Gasteiger partial charge in [-0.05, 0) is 29.8 Å². The first-order valence-electron chi connectivity index (χ1n) is 12.0. The zero-order chi connectivity index (χ0) is 25.2. The Bertz CT molecular complexity index is 1600. The van der Waals surface area contributed by atoms with Gasteiger partial charge < -0.3 is 9.67 Å². The van der Waals surface area contributed by atoms with E-state index in [-0.39, 0.29) is 5.75 Å². The number of hydrogen-bond acceptors (Lipinski definition) is 5. The minimum absolute atomic E-state index is 0.115. The number of nitrogens with zero attached hydrogens (tertiary/aromatic N) is 5. The quantitative estimate of drug-likeness (QED) is 0.338. The molecule has 8 nitrogen and oxygen atoms in total. The summed E-state index contributed by atoms with van der Waals surface area (Å²) < 4.78 is 1.99. The lowest BCUT2D eigenvalue weighted by Gasteiger charge is -2.23. The minimum Gasteiger partial charge on any atom is -0.508 e. The third kappa shape index (κ3) is 4.40. The van der Waals surface area contributed by atoms with Gasteiger partial charge in [-0.3, -0.25) is 10.3 Å². The smallest absolute Gasteiger partial charge is 0.345 e. The van der Waals surface area contributed by atoms with Crippen molar-refractivity contribution in [1.82, 2.24) is 19.5 Å². The van der Waals surface area contributed by atoms with Crippen molar-refractivity contribution in [2.45, 2.75) is 19.0 Å². The van der Waals surface area contributed by atoms with Crippen LogP contribution in [0.1, 0.15) is 29.2 Å². The van der Waals surface area contributed by atoms with Crippen LogP contribution < -0.4 is 5.32 Å². The Hall–Kier alpha value is -4.98. The molecule has 1 atom stereocenters. The average Bonchev–Trinajstić information content (AvgIpc) is 3.52. The van der Waals surface area contributed by atoms with Crippen LogP contribution in [0.4, 0.5) is 10.7 Å². The van der Waals surface area contributed by atoms with Crippen LogP contribution >= 0.6 is 0 Å². The summed E-state index contributed by atoms with van der Waals surface area (Å²) >= 11 is 0. The van der Waals surface area contributed by atoms with Gasteiger partial charge in [0.25, 0.3) is 0 Å². The first-order chi connectivity index (χ1) is 18.2. The molecule has 2 aromatic heterocycles. The lowest BCUT2D eigenvalue weighted by molar-refractivity contribution is 0.199. The van der Waals surface area contributed by atoms with E-state index in [2.05, 4.69) is 15.4 Å². The Kier molecular flexibility index (Phi) is 5.82. The summed E-state index contributed by atoms with van der Waals surface area (Å²) in [5.41, 5.74) is 4.96. The summed E-state index contributed by atoms with van der Waals surface area (Å²) in [5.74, 6) is 0.542. The number of phenols is 1. The Labute approximate surface area is 213 Å². The highest BCUT2D eigenvalue weighted by atomic mass is 16.3. The van der Waals surface area contributed by atoms with Gasteiger partial charge in [-0.25, -0.2) is 14.8 Å². The largest absolute Gasteiger partial charge is 0.508 e. The fourth-order valence-corrected chi connectivity index (χ4v) is 4.67. The molecule has 0 saturated heterocycles. The van der Waals surface area contributed by atoms with Crippen LogP contribution in [0.3, 0.4) is 0 Å². The van der Waals surface area contributed by atoms with Crippen LogP contribution in [0.15, 0.2) is 108 Å². The molecule has 1 aliphatic heterocycles. The lowest BCUT2D eigenvalue weighted by Crippen LogP contribution is -2.32. The van der Waals surface area contributed by atoms with Crippen molar-refractivity contribution in [2.75, 3.05) is 5.32 Å². The summed E-state index contributed by atoms with van der Waals surface area (Å²) in [5, 5.41) is 19.6. The van der Waals surface area contributed by atoms with E-state index in [1.165, 1.54) is 5.01 Å². The molecule has 8 heteroatoms. The van der Waals surface area contributed by atoms with E-state index in [0.717, 1.165) is 22.2 Å². The van der Waals surface area contributed by atoms with Gasteiger partial charge in [0.1, 0.15) is 5.75 Å². The van der Waals surface area contributed by atoms with E-state index < -0.39 is 12.1 Å². The maximum atomic E-state index is 13.7. The molecule has 182 valence electrons. The van der Waals surface area contributed by atoms with Gasteiger partial charge in [0.15, 0.2) is 0 Å². The van der Waals surface area contributed by atoms with Crippen molar-refractivity contribution in [3.8, 4) is 5.75 Å². The van der Waals surface area contributed by atoms with Crippen molar-refractivity contribution >= 4 is 28.7 Å². The third-order valence-electron chi connectivity index (χ3n) is 6.47. The molecule has 0 saturated carbocycles. The number of benzene rings is 3. The Morgan fingerprint density at radius 3 is 2.54 bits per heavy atom. The van der Waals surface area contributed by atoms with Crippen LogP contribution in [0.2, 0.25) is 0 Å². The maximum absolute atomic E-state index is 13.7. The van der Waals surface area contributed by atoms with Crippen LogP contribution in [0.5, 0.6) is 5.75 Å². The molecule has 0 spiro atoms. The van der Waals surface area contributed by atoms with Gasteiger partial charge in [-0.2, -0.15) is 5.10 Å². The third-order valence-corrected chi connectivity index (χ3v) is 6.47. The topological polar surface area (TPSA) is 95.6 Å². The highest BCUT2D eigenvalue weighted by Crippen LogP contribution is 2.37. The maximum Gasteiger partial charge on any atom is 0.345 e. The van der Waals surface area contributed by atoms with E-state index >= 15 is 0 Å². The van der Waals surface area contributed by atoms with Gasteiger partial charge in [0.05, 0.1) is 29.3 Å². The number of aromatic hydroxyl groups is 1. The summed E-state index contributed by atoms with van der Waals surface area (Å²) in [7, 11) is 0. The number of phenolic OH excluding ortho intramolecular Hbond substituents is 1. The molecular formula is C29H24N6O2. The van der Waals surface area contributed by atoms with E-state index in [1.54, 1.807) is 24.5 Å². The lowest BCUT2D eigenvalue weighted by atomic mass is 9.98. The van der Waals surface area contributed by atoms with Gasteiger partial charge in [-0.1, -0.05) is 66.7 Å². The molecule has 3 heterocycles. The van der Waals surface area contributed by atoms with Gasteiger partial charge in [0, 0.05) is 29.9 Å². The molecule has 1 aliphatic rings. The standard InChI is InChI=1S/C29H24N6O2/c36-27-15-7-4-12-22(27)26-17-24(21-11-8-16-30-18-21)33-35(26)29(37)32-28-31-23-13-5-6-14-25(23)34(28)19-20-9-2-1-3-10-20/h1-16,18,26,36H,17,19H2,(H,31,32,37). The number of anilines is 1. The zero-order valence-electron chi connectivity index (χ0n) is 19.9. The molecule has 2 N–H and O–H groups in total. The molecule has 6 rings (SSSR count). The number of carbonyl (C=O) groups excluding carboxylic acids is 1. The Morgan fingerprint density at radius 2 is 1.73 bits per heavy atom. The highest BCUT2D eigenvalue weighted by molar-refractivity contribution is 6.04. The first-order valence-corrected chi connectivity index (χ1v) is 12.0. The average molecular weight is 489 g/mol. The minimum atomic E-state index is -0.483. The molecular weight excluding hydrogens is 464 g/mol. The van der Waals surface area contributed by atoms with Crippen LogP contribution in [0.25, 0.3) is 11.0 Å². The number of para-hydroxylation sites is 3. The number of carbonyl (C=O) groups is 1. The molecule has 0 radical (unpaired) electrons. The van der Waals surface area contributed by atoms with Crippen LogP contribution in [-0.4, -0.2) is 36.4 Å². The fraction of sp³-hybridized carbons (Fsp3) is 0.103. The summed E-state index contributed by atoms with van der Waals surface area (Å²) in [4.78, 5) is 22.6. The number of pyridine rings is 1. The van der Waals surface area contributed by atoms with Crippen molar-refractivity contribution in [2.24, 2.45) is 5.10 Å². The molecule has 3 aromatic carbocycles. The van der Waals surface area contributed by atoms with Crippen molar-refractivity contribution < 1.29 is 9.90 Å². The summed E-state index contributed by atoms with van der Waals surface area (Å²) in [6, 6.07) is 27.7. The number of imidazole rings is 1. The number of aromatic nitrogens is 3. The molecule has 0 bridgehead atoms. The Morgan fingerprint density at radius 1 is 0.946 bits per heavy atom. The van der Waals surface area contributed by atoms with Crippen LogP contribution in [-0.2, 0) is 6.54 Å². The molecule has 1 unspecified atom stereocenters. The number of urea groups is 1. The number of hydrazone groups is 1. The first kappa shape index (κ1) is 22.5. The van der Waals surface area contributed by atoms with E-state index in [9.17, 15) is 9.90 Å². The number of fused-ring (bicyclic) bond motifs is 1. The van der Waals surface area contributed by atoms with E-state index in [4.69, 9.17) is 4.98 Å². The predicted octanol–water partition coefficient (Wildman–Crippen LogP) is 5.57. The number of amides is 2. The summed E-state index contributed by atoms with van der Waals surface area (Å²) in [6.07, 6.45) is 3.86. The van der Waals surface area contributed by atoms with Gasteiger partial charge in [0.2, 0.25) is 5.95 Å². The van der Waals surface area contributed by atoms with Crippen molar-refractivity contribution in [1.29, 1.82) is 0 Å². The molecule has 0 aliphatic carbocycles. The van der Waals surface area contributed by atoms with E-state index in [0.29, 0.717) is 30.2 Å². The number of rotatable bonds is 5. The van der Waals surface area contributed by atoms with Crippen molar-refractivity contribution in [3.63, 3.8) is 0 Å². The SMILES string of the molecule is O=C(Nc1nc2ccccc2n1Cc1ccccc1)N1N=C(c2cccnc2)CC1c1ccccc1O. The number of nitrogens with one attached hydrogen (secondary N) is 1. The van der Waals surface area contributed by atoms with Crippen molar-refractivity contribution in [3.05, 3.63) is 120 Å². The van der Waals surface area contributed by atoms with Gasteiger partial charge >= 0.3 is 6.03 Å². The monoisotopic (exact) mass is 488 g/mol. The molecule has 37 heavy (non-hydrogen) atoms. The predicted molar refractivity (Wildman–Crippen MR) is 142 cm³/mol. The van der Waals surface area contributed by atoms with Gasteiger partial charge in [-0.15, -0.1) is 0 Å². The van der Waals surface area contributed by atoms with E-state index in [1.807, 2.05) is 83.4 Å². The second-order valence-corrected chi connectivity index (χ2v) is 8.84. The molecule has 5 aromatic rings. The number of hydrogen-bond donors (Lipinski definition) is 2. The second-order valence-electron chi connectivity index (χ2n) is 8.84. The normalized spacial score (nSPS) is 15.1. The molecule has 0 fully saturated rings.